The Balaban J connectivity index is 3.48. The number of esters is 1. The number of nitrogens with zero attached hydrogens (tertiary/aromatic N) is 1. The predicted octanol–water partition coefficient (Wildman–Crippen LogP) is 12.2. The average Bonchev–Trinajstić information content (AvgIpc) is 3.38. The summed E-state index contributed by atoms with van der Waals surface area (Å²) in [5.74, 6) is 12.8. The van der Waals surface area contributed by atoms with Gasteiger partial charge in [0, 0.05) is 11.8 Å². The Bertz CT molecular complexity index is 1370. The van der Waals surface area contributed by atoms with Crippen molar-refractivity contribution in [3.8, 4) is 23.7 Å². The van der Waals surface area contributed by atoms with Crippen LogP contribution in [-0.4, -0.2) is 45.9 Å². The molecule has 0 radical (unpaired) electrons. The molecule has 5 nitrogen and oxygen atoms in total. The van der Waals surface area contributed by atoms with Crippen molar-refractivity contribution in [2.75, 3.05) is 0 Å². The minimum Gasteiger partial charge on any atom is -0.457 e. The van der Waals surface area contributed by atoms with E-state index in [1.54, 1.807) is 11.3 Å². The molecule has 0 aliphatic carbocycles. The molecule has 0 spiro atoms. The highest BCUT2D eigenvalue weighted by atomic mass is 32.1. The van der Waals surface area contributed by atoms with Crippen molar-refractivity contribution in [2.45, 2.75) is 190 Å². The number of aryl methyl sites for hydroxylation is 1. The fourth-order valence-corrected chi connectivity index (χ4v) is 9.36. The van der Waals surface area contributed by atoms with Crippen LogP contribution in [0, 0.1) is 47.9 Å². The summed E-state index contributed by atoms with van der Waals surface area (Å²) in [7, 11) is -4.30. The summed E-state index contributed by atoms with van der Waals surface area (Å²) in [5.41, 5.74) is 1.50. The number of hydrogen-bond acceptors (Lipinski definition) is 6. The first-order valence-electron chi connectivity index (χ1n) is 18.7. The second kappa shape index (κ2) is 19.4. The zero-order valence-electron chi connectivity index (χ0n) is 35.3. The van der Waals surface area contributed by atoms with Crippen LogP contribution in [0.25, 0.3) is 6.08 Å². The number of carbonyl (C=O) groups is 1. The van der Waals surface area contributed by atoms with E-state index in [1.807, 2.05) is 39.2 Å². The van der Waals surface area contributed by atoms with Gasteiger partial charge in [0.05, 0.1) is 35.8 Å². The van der Waals surface area contributed by atoms with E-state index in [0.29, 0.717) is 12.3 Å². The molecule has 1 aromatic rings. The van der Waals surface area contributed by atoms with Crippen LogP contribution in [0.3, 0.4) is 0 Å². The number of unbranched alkanes of at least 4 members (excludes halogenated alkanes) is 1. The van der Waals surface area contributed by atoms with E-state index in [4.69, 9.17) is 13.6 Å². The first-order valence-corrected chi connectivity index (χ1v) is 25.4. The molecule has 0 aliphatic rings. The summed E-state index contributed by atoms with van der Waals surface area (Å²) in [6.45, 7) is 39.9. The van der Waals surface area contributed by atoms with Gasteiger partial charge in [0.1, 0.15) is 6.10 Å². The van der Waals surface area contributed by atoms with Crippen LogP contribution < -0.4 is 0 Å². The minimum absolute atomic E-state index is 0.00896. The number of rotatable bonds is 18. The van der Waals surface area contributed by atoms with E-state index in [1.165, 1.54) is 0 Å². The van der Waals surface area contributed by atoms with Crippen molar-refractivity contribution in [3.63, 3.8) is 0 Å². The zero-order chi connectivity index (χ0) is 38.7. The molecule has 0 unspecified atom stereocenters. The van der Waals surface area contributed by atoms with Crippen LogP contribution in [0.2, 0.25) is 36.3 Å². The van der Waals surface area contributed by atoms with Gasteiger partial charge in [-0.15, -0.1) is 29.1 Å². The van der Waals surface area contributed by atoms with E-state index in [2.05, 4.69) is 124 Å². The third kappa shape index (κ3) is 14.7. The van der Waals surface area contributed by atoms with Crippen LogP contribution >= 0.6 is 11.3 Å². The Kier molecular flexibility index (Phi) is 18.0. The lowest BCUT2D eigenvalue weighted by Crippen LogP contribution is -2.51. The van der Waals surface area contributed by atoms with E-state index < -0.39 is 22.7 Å². The summed E-state index contributed by atoms with van der Waals surface area (Å²) in [5, 5.41) is 3.13. The van der Waals surface area contributed by atoms with E-state index >= 15 is 0 Å². The fraction of sp³-hybridized carbons (Fsp3) is 0.762. The largest absolute Gasteiger partial charge is 0.457 e. The predicted molar refractivity (Wildman–Crippen MR) is 221 cm³/mol. The molecular formula is C42H73NO4SSi2. The van der Waals surface area contributed by atoms with Crippen LogP contribution in [0.15, 0.2) is 11.0 Å². The molecule has 0 N–H and O–H groups in total. The molecule has 0 aromatic carbocycles. The fourth-order valence-electron chi connectivity index (χ4n) is 5.82. The van der Waals surface area contributed by atoms with Gasteiger partial charge < -0.3 is 13.6 Å². The van der Waals surface area contributed by atoms with Crippen LogP contribution in [0.5, 0.6) is 0 Å². The van der Waals surface area contributed by atoms with Gasteiger partial charge in [-0.05, 0) is 112 Å². The Morgan fingerprint density at radius 2 is 1.48 bits per heavy atom. The van der Waals surface area contributed by atoms with Gasteiger partial charge in [0.2, 0.25) is 0 Å². The number of aromatic nitrogens is 1. The number of ether oxygens (including phenoxy) is 1. The highest BCUT2D eigenvalue weighted by molar-refractivity contribution is 7.09. The molecule has 0 bridgehead atoms. The monoisotopic (exact) mass is 743 g/mol. The Hall–Kier alpha value is -1.69. The summed E-state index contributed by atoms with van der Waals surface area (Å²) in [6.07, 6.45) is 5.89. The van der Waals surface area contributed by atoms with Crippen molar-refractivity contribution in [1.29, 1.82) is 0 Å². The highest BCUT2D eigenvalue weighted by Crippen LogP contribution is 2.45. The van der Waals surface area contributed by atoms with Crippen molar-refractivity contribution in [3.05, 3.63) is 21.7 Å². The molecule has 0 saturated carbocycles. The first kappa shape index (κ1) is 46.3. The molecule has 5 atom stereocenters. The molecular weight excluding hydrogens is 671 g/mol. The maximum Gasteiger partial charge on any atom is 0.309 e. The quantitative estimate of drug-likeness (QED) is 0.0648. The summed E-state index contributed by atoms with van der Waals surface area (Å²) >= 11 is 1.61. The van der Waals surface area contributed by atoms with Crippen LogP contribution in [0.1, 0.15) is 139 Å². The first-order chi connectivity index (χ1) is 22.8. The van der Waals surface area contributed by atoms with Gasteiger partial charge in [-0.2, -0.15) is 0 Å². The lowest BCUT2D eigenvalue weighted by molar-refractivity contribution is -0.151. The van der Waals surface area contributed by atoms with Crippen molar-refractivity contribution in [2.24, 2.45) is 17.3 Å². The summed E-state index contributed by atoms with van der Waals surface area (Å²) in [6, 6.07) is 0. The summed E-state index contributed by atoms with van der Waals surface area (Å²) < 4.78 is 20.7. The summed E-state index contributed by atoms with van der Waals surface area (Å²) in [4.78, 5) is 18.5. The lowest BCUT2D eigenvalue weighted by atomic mass is 9.74. The van der Waals surface area contributed by atoms with Gasteiger partial charge in [0.25, 0.3) is 0 Å². The molecule has 0 saturated heterocycles. The molecule has 8 heteroatoms. The van der Waals surface area contributed by atoms with Crippen LogP contribution in [-0.2, 0) is 18.4 Å². The lowest BCUT2D eigenvalue weighted by Gasteiger charge is -2.47. The smallest absolute Gasteiger partial charge is 0.309 e. The molecule has 1 aromatic heterocycles. The zero-order valence-corrected chi connectivity index (χ0v) is 38.1. The topological polar surface area (TPSA) is 57.7 Å². The van der Waals surface area contributed by atoms with Crippen LogP contribution in [0.4, 0.5) is 0 Å². The molecule has 1 heterocycles. The maximum atomic E-state index is 14.0. The van der Waals surface area contributed by atoms with E-state index in [9.17, 15) is 4.79 Å². The third-order valence-corrected chi connectivity index (χ3v) is 20.8. The van der Waals surface area contributed by atoms with E-state index in [0.717, 1.165) is 42.0 Å². The maximum absolute atomic E-state index is 14.0. The Morgan fingerprint density at radius 1 is 0.920 bits per heavy atom. The molecule has 1 rings (SSSR count). The van der Waals surface area contributed by atoms with E-state index in [-0.39, 0.29) is 46.0 Å². The standard InChI is InChI=1S/C42H73NO4SSi2/c1-19-21-23-24-25-31(3)39(47-50(17,18)41(10,11)12)33(5)29-42(13,14)37(46-49(15,16)40(7,8)9)28-38(44)45-36(26-22-20-2)32(4)27-35-30-48-34(6)43-35/h27,30-31,33,36-37,39H,23-26,28-29H2,1-18H3/b32-27+/t31-,33+,36-,37-,39-/m0/s1. The molecule has 0 fully saturated rings. The SMILES string of the molecule is CC#CCCC[C@H](C)[C@H](O[Si](C)(C)C(C)(C)C)[C@H](C)CC(C)(C)[C@H](CC(=O)O[C@@H](CC#CC)/C(C)=C/c1csc(C)n1)O[Si](C)(C)C(C)(C)C. The minimum atomic E-state index is -2.25. The van der Waals surface area contributed by atoms with Gasteiger partial charge in [-0.25, -0.2) is 4.98 Å². The second-order valence-electron chi connectivity index (χ2n) is 18.2. The number of carbonyl (C=O) groups excluding carboxylic acids is 1. The van der Waals surface area contributed by atoms with Crippen molar-refractivity contribution < 1.29 is 18.4 Å². The second-order valence-corrected chi connectivity index (χ2v) is 28.7. The third-order valence-electron chi connectivity index (χ3n) is 11.1. The van der Waals surface area contributed by atoms with Gasteiger partial charge in [-0.3, -0.25) is 4.79 Å². The van der Waals surface area contributed by atoms with Crippen molar-refractivity contribution in [1.82, 2.24) is 4.98 Å². The molecule has 50 heavy (non-hydrogen) atoms. The normalized spacial score (nSPS) is 16.3. The van der Waals surface area contributed by atoms with Crippen molar-refractivity contribution >= 4 is 40.0 Å². The highest BCUT2D eigenvalue weighted by Gasteiger charge is 2.46. The molecule has 0 amide bonds. The molecule has 0 aliphatic heterocycles. The van der Waals surface area contributed by atoms with Gasteiger partial charge >= 0.3 is 5.97 Å². The van der Waals surface area contributed by atoms with Gasteiger partial charge in [-0.1, -0.05) is 75.2 Å². The Labute approximate surface area is 314 Å². The number of thiazole rings is 1. The molecule has 284 valence electrons. The van der Waals surface area contributed by atoms with Gasteiger partial charge in [0.15, 0.2) is 16.6 Å². The Morgan fingerprint density at radius 3 is 1.98 bits per heavy atom. The average molecular weight is 744 g/mol. The number of hydrogen-bond donors (Lipinski definition) is 0.